The van der Waals surface area contributed by atoms with E-state index in [9.17, 15) is 0 Å². The molecule has 0 unspecified atom stereocenters. The summed E-state index contributed by atoms with van der Waals surface area (Å²) in [5.74, 6) is 0. The smallest absolute Gasteiger partial charge is 0.141 e. The molecule has 0 atom stereocenters. The van der Waals surface area contributed by atoms with Gasteiger partial charge in [-0.1, -0.05) is 5.21 Å². The van der Waals surface area contributed by atoms with Gasteiger partial charge in [0.15, 0.2) is 0 Å². The predicted molar refractivity (Wildman–Crippen MR) is 58.6 cm³/mol. The van der Waals surface area contributed by atoms with Crippen molar-refractivity contribution in [2.75, 3.05) is 0 Å². The quantitative estimate of drug-likeness (QED) is 0.657. The summed E-state index contributed by atoms with van der Waals surface area (Å²) in [5, 5.41) is 8.99. The Morgan fingerprint density at radius 1 is 1.31 bits per heavy atom. The molecular weight excluding hydrogens is 204 g/mol. The summed E-state index contributed by atoms with van der Waals surface area (Å²) in [6, 6.07) is 1.96. The first kappa shape index (κ1) is 9.02. The summed E-state index contributed by atoms with van der Waals surface area (Å²) >= 11 is 0. The number of aromatic nitrogens is 6. The summed E-state index contributed by atoms with van der Waals surface area (Å²) in [6.45, 7) is 1.92. The highest BCUT2D eigenvalue weighted by atomic mass is 15.4. The number of hydrogen-bond donors (Lipinski definition) is 1. The lowest BCUT2D eigenvalue weighted by Gasteiger charge is -2.02. The zero-order valence-electron chi connectivity index (χ0n) is 8.97. The number of nitrogens with one attached hydrogen (secondary N) is 1. The van der Waals surface area contributed by atoms with Gasteiger partial charge in [0.25, 0.3) is 0 Å². The minimum absolute atomic E-state index is 0.825. The van der Waals surface area contributed by atoms with Crippen LogP contribution in [0.25, 0.3) is 22.4 Å². The second kappa shape index (κ2) is 3.13. The van der Waals surface area contributed by atoms with E-state index in [4.69, 9.17) is 0 Å². The van der Waals surface area contributed by atoms with Crippen molar-refractivity contribution in [2.24, 2.45) is 7.05 Å². The monoisotopic (exact) mass is 214 g/mol. The molecule has 0 saturated heterocycles. The van der Waals surface area contributed by atoms with Gasteiger partial charge in [0, 0.05) is 18.6 Å². The van der Waals surface area contributed by atoms with Crippen LogP contribution in [0.4, 0.5) is 0 Å². The molecule has 80 valence electrons. The molecule has 6 heteroatoms. The van der Waals surface area contributed by atoms with Crippen LogP contribution in [0, 0.1) is 6.92 Å². The van der Waals surface area contributed by atoms with Crippen LogP contribution in [0.2, 0.25) is 0 Å². The molecule has 6 nitrogen and oxygen atoms in total. The molecule has 1 N–H and O–H groups in total. The van der Waals surface area contributed by atoms with Crippen molar-refractivity contribution in [3.8, 4) is 11.4 Å². The molecule has 0 aliphatic rings. The Labute approximate surface area is 91.3 Å². The molecule has 0 aromatic carbocycles. The van der Waals surface area contributed by atoms with E-state index in [0.29, 0.717) is 0 Å². The highest BCUT2D eigenvalue weighted by Crippen LogP contribution is 2.25. The predicted octanol–water partition coefficient (Wildman–Crippen LogP) is 1.06. The van der Waals surface area contributed by atoms with E-state index in [1.54, 1.807) is 11.0 Å². The van der Waals surface area contributed by atoms with Crippen LogP contribution in [-0.2, 0) is 7.05 Å². The molecule has 3 aromatic rings. The third-order valence-electron chi connectivity index (χ3n) is 2.57. The van der Waals surface area contributed by atoms with Gasteiger partial charge in [-0.25, -0.2) is 14.6 Å². The van der Waals surface area contributed by atoms with Gasteiger partial charge in [0.05, 0.1) is 5.69 Å². The summed E-state index contributed by atoms with van der Waals surface area (Å²) in [4.78, 5) is 11.5. The van der Waals surface area contributed by atoms with E-state index in [2.05, 4.69) is 25.3 Å². The SMILES string of the molecule is Cc1nnn(C)c1-c1ncnc2[nH]ccc12. The number of fused-ring (bicyclic) bond motifs is 1. The number of H-pyrrole nitrogens is 1. The van der Waals surface area contributed by atoms with Crippen molar-refractivity contribution in [3.05, 3.63) is 24.3 Å². The molecule has 16 heavy (non-hydrogen) atoms. The highest BCUT2D eigenvalue weighted by molar-refractivity contribution is 5.89. The van der Waals surface area contributed by atoms with Crippen molar-refractivity contribution in [1.82, 2.24) is 29.9 Å². The van der Waals surface area contributed by atoms with Gasteiger partial charge in [-0.2, -0.15) is 0 Å². The fraction of sp³-hybridized carbons (Fsp3) is 0.200. The van der Waals surface area contributed by atoms with Gasteiger partial charge in [0.1, 0.15) is 23.4 Å². The van der Waals surface area contributed by atoms with E-state index in [1.165, 1.54) is 0 Å². The Bertz CT molecular complexity index is 631. The van der Waals surface area contributed by atoms with Crippen LogP contribution in [-0.4, -0.2) is 29.9 Å². The molecule has 0 aliphatic heterocycles. The fourth-order valence-electron chi connectivity index (χ4n) is 1.85. The normalized spacial score (nSPS) is 11.1. The summed E-state index contributed by atoms with van der Waals surface area (Å²) in [7, 11) is 1.86. The average Bonchev–Trinajstić information content (AvgIpc) is 2.86. The lowest BCUT2D eigenvalue weighted by atomic mass is 10.2. The zero-order chi connectivity index (χ0) is 11.1. The maximum Gasteiger partial charge on any atom is 0.141 e. The molecule has 0 saturated carbocycles. The fourth-order valence-corrected chi connectivity index (χ4v) is 1.85. The maximum absolute atomic E-state index is 4.31. The Hall–Kier alpha value is -2.24. The van der Waals surface area contributed by atoms with Crippen LogP contribution in [0.3, 0.4) is 0 Å². The lowest BCUT2D eigenvalue weighted by molar-refractivity contribution is 0.718. The van der Waals surface area contributed by atoms with E-state index < -0.39 is 0 Å². The molecule has 3 rings (SSSR count). The molecule has 0 fully saturated rings. The summed E-state index contributed by atoms with van der Waals surface area (Å²) in [6.07, 6.45) is 3.39. The Balaban J connectivity index is 2.38. The number of aryl methyl sites for hydroxylation is 2. The highest BCUT2D eigenvalue weighted by Gasteiger charge is 2.14. The number of nitrogens with zero attached hydrogens (tertiary/aromatic N) is 5. The Kier molecular flexibility index (Phi) is 1.76. The van der Waals surface area contributed by atoms with Gasteiger partial charge < -0.3 is 4.98 Å². The second-order valence-corrected chi connectivity index (χ2v) is 3.61. The maximum atomic E-state index is 4.31. The minimum atomic E-state index is 0.825. The van der Waals surface area contributed by atoms with Crippen molar-refractivity contribution in [3.63, 3.8) is 0 Å². The minimum Gasteiger partial charge on any atom is -0.346 e. The summed E-state index contributed by atoms with van der Waals surface area (Å²) in [5.41, 5.74) is 3.47. The third-order valence-corrected chi connectivity index (χ3v) is 2.57. The molecule has 3 heterocycles. The molecule has 0 bridgehead atoms. The van der Waals surface area contributed by atoms with E-state index in [0.717, 1.165) is 28.1 Å². The zero-order valence-corrected chi connectivity index (χ0v) is 8.97. The lowest BCUT2D eigenvalue weighted by Crippen LogP contribution is -1.97. The van der Waals surface area contributed by atoms with Crippen molar-refractivity contribution < 1.29 is 0 Å². The largest absolute Gasteiger partial charge is 0.346 e. The van der Waals surface area contributed by atoms with Crippen LogP contribution in [0.15, 0.2) is 18.6 Å². The van der Waals surface area contributed by atoms with Crippen LogP contribution >= 0.6 is 0 Å². The van der Waals surface area contributed by atoms with Crippen molar-refractivity contribution in [1.29, 1.82) is 0 Å². The molecular formula is C10H10N6. The van der Waals surface area contributed by atoms with E-state index >= 15 is 0 Å². The van der Waals surface area contributed by atoms with Crippen molar-refractivity contribution >= 4 is 11.0 Å². The Morgan fingerprint density at radius 3 is 2.94 bits per heavy atom. The van der Waals surface area contributed by atoms with Crippen LogP contribution in [0.1, 0.15) is 5.69 Å². The van der Waals surface area contributed by atoms with Crippen molar-refractivity contribution in [2.45, 2.75) is 6.92 Å². The average molecular weight is 214 g/mol. The van der Waals surface area contributed by atoms with Crippen LogP contribution < -0.4 is 0 Å². The van der Waals surface area contributed by atoms with E-state index in [-0.39, 0.29) is 0 Å². The molecule has 3 aromatic heterocycles. The standard InChI is InChI=1S/C10H10N6/c1-6-9(16(2)15-14-6)8-7-3-4-11-10(7)13-5-12-8/h3-5H,1-2H3,(H,11,12,13). The number of rotatable bonds is 1. The third kappa shape index (κ3) is 1.13. The summed E-state index contributed by atoms with van der Waals surface area (Å²) < 4.78 is 1.73. The van der Waals surface area contributed by atoms with Gasteiger partial charge in [-0.3, -0.25) is 0 Å². The van der Waals surface area contributed by atoms with Gasteiger partial charge in [-0.15, -0.1) is 5.10 Å². The first-order valence-electron chi connectivity index (χ1n) is 4.92. The Morgan fingerprint density at radius 2 is 2.19 bits per heavy atom. The van der Waals surface area contributed by atoms with Gasteiger partial charge in [0.2, 0.25) is 0 Å². The number of hydrogen-bond acceptors (Lipinski definition) is 4. The molecule has 0 spiro atoms. The van der Waals surface area contributed by atoms with E-state index in [1.807, 2.05) is 26.2 Å². The molecule has 0 radical (unpaired) electrons. The second-order valence-electron chi connectivity index (χ2n) is 3.61. The van der Waals surface area contributed by atoms with Gasteiger partial charge >= 0.3 is 0 Å². The first-order chi connectivity index (χ1) is 7.77. The van der Waals surface area contributed by atoms with Crippen LogP contribution in [0.5, 0.6) is 0 Å². The molecule has 0 amide bonds. The van der Waals surface area contributed by atoms with Gasteiger partial charge in [-0.05, 0) is 13.0 Å². The molecule has 0 aliphatic carbocycles. The topological polar surface area (TPSA) is 72.3 Å². The first-order valence-corrected chi connectivity index (χ1v) is 4.92. The number of aromatic amines is 1.